The van der Waals surface area contributed by atoms with E-state index in [1.54, 1.807) is 0 Å². The molecule has 1 saturated heterocycles. The summed E-state index contributed by atoms with van der Waals surface area (Å²) in [6.45, 7) is 3.88. The van der Waals surface area contributed by atoms with Crippen LogP contribution in [-0.2, 0) is 4.74 Å². The van der Waals surface area contributed by atoms with Gasteiger partial charge in [-0.2, -0.15) is 0 Å². The Balaban J connectivity index is 1.95. The van der Waals surface area contributed by atoms with Gasteiger partial charge in [0.05, 0.1) is 6.61 Å². The molecule has 2 heteroatoms. The number of nitrogens with one attached hydrogen (secondary N) is 1. The van der Waals surface area contributed by atoms with E-state index in [1.807, 2.05) is 0 Å². The fourth-order valence-electron chi connectivity index (χ4n) is 1.83. The zero-order valence-electron chi connectivity index (χ0n) is 8.62. The molecule has 1 aliphatic rings. The smallest absolute Gasteiger partial charge is 0.0667 e. The molecule has 1 fully saturated rings. The summed E-state index contributed by atoms with van der Waals surface area (Å²) in [5.74, 6) is 0. The predicted octanol–water partition coefficient (Wildman–Crippen LogP) is 2.59. The van der Waals surface area contributed by atoms with E-state index in [9.17, 15) is 0 Å². The van der Waals surface area contributed by atoms with Crippen molar-refractivity contribution in [1.29, 1.82) is 0 Å². The molecular formula is C12H17NO. The van der Waals surface area contributed by atoms with Crippen LogP contribution in [0.4, 0.5) is 5.69 Å². The standard InChI is InChI=1S/C12H17NO/c1-10-4-2-5-11(8-10)13-12-6-3-7-14-9-12/h2,4-5,8,12-13H,3,6-7,9H2,1H3. The van der Waals surface area contributed by atoms with Crippen molar-refractivity contribution in [2.24, 2.45) is 0 Å². The molecule has 1 atom stereocenters. The number of ether oxygens (including phenoxy) is 1. The Morgan fingerprint density at radius 3 is 3.07 bits per heavy atom. The fourth-order valence-corrected chi connectivity index (χ4v) is 1.83. The van der Waals surface area contributed by atoms with Crippen LogP contribution in [0, 0.1) is 6.92 Å². The van der Waals surface area contributed by atoms with Gasteiger partial charge >= 0.3 is 0 Å². The van der Waals surface area contributed by atoms with E-state index in [-0.39, 0.29) is 0 Å². The molecule has 0 radical (unpaired) electrons. The third-order valence-electron chi connectivity index (χ3n) is 2.55. The van der Waals surface area contributed by atoms with E-state index < -0.39 is 0 Å². The highest BCUT2D eigenvalue weighted by Gasteiger charge is 2.12. The van der Waals surface area contributed by atoms with Crippen LogP contribution in [0.1, 0.15) is 18.4 Å². The van der Waals surface area contributed by atoms with E-state index in [0.717, 1.165) is 13.2 Å². The SMILES string of the molecule is Cc1cccc(NC2CCCOC2)c1. The molecule has 1 aliphatic heterocycles. The van der Waals surface area contributed by atoms with E-state index in [2.05, 4.69) is 36.5 Å². The molecule has 0 bridgehead atoms. The summed E-state index contributed by atoms with van der Waals surface area (Å²) in [7, 11) is 0. The van der Waals surface area contributed by atoms with Crippen LogP contribution in [0.3, 0.4) is 0 Å². The third kappa shape index (κ3) is 2.48. The molecule has 0 spiro atoms. The van der Waals surface area contributed by atoms with Gasteiger partial charge in [-0.3, -0.25) is 0 Å². The normalized spacial score (nSPS) is 21.9. The Labute approximate surface area is 85.3 Å². The summed E-state index contributed by atoms with van der Waals surface area (Å²) in [5, 5.41) is 3.50. The van der Waals surface area contributed by atoms with Gasteiger partial charge in [0.25, 0.3) is 0 Å². The summed E-state index contributed by atoms with van der Waals surface area (Å²) in [6, 6.07) is 8.98. The summed E-state index contributed by atoms with van der Waals surface area (Å²) < 4.78 is 5.42. The van der Waals surface area contributed by atoms with Crippen LogP contribution in [-0.4, -0.2) is 19.3 Å². The second kappa shape index (κ2) is 4.47. The number of hydrogen-bond acceptors (Lipinski definition) is 2. The minimum atomic E-state index is 0.491. The third-order valence-corrected chi connectivity index (χ3v) is 2.55. The predicted molar refractivity (Wildman–Crippen MR) is 58.6 cm³/mol. The molecule has 1 unspecified atom stereocenters. The maximum atomic E-state index is 5.42. The summed E-state index contributed by atoms with van der Waals surface area (Å²) in [4.78, 5) is 0. The first-order valence-corrected chi connectivity index (χ1v) is 5.25. The lowest BCUT2D eigenvalue weighted by molar-refractivity contribution is 0.0876. The first-order chi connectivity index (χ1) is 6.84. The van der Waals surface area contributed by atoms with Crippen molar-refractivity contribution >= 4 is 5.69 Å². The van der Waals surface area contributed by atoms with Crippen molar-refractivity contribution in [2.75, 3.05) is 18.5 Å². The number of aryl methyl sites for hydroxylation is 1. The summed E-state index contributed by atoms with van der Waals surface area (Å²) >= 11 is 0. The highest BCUT2D eigenvalue weighted by molar-refractivity contribution is 5.46. The molecule has 2 rings (SSSR count). The summed E-state index contributed by atoms with van der Waals surface area (Å²) in [6.07, 6.45) is 2.39. The monoisotopic (exact) mass is 191 g/mol. The van der Waals surface area contributed by atoms with Crippen LogP contribution < -0.4 is 5.32 Å². The second-order valence-corrected chi connectivity index (χ2v) is 3.93. The maximum absolute atomic E-state index is 5.42. The topological polar surface area (TPSA) is 21.3 Å². The number of anilines is 1. The number of benzene rings is 1. The van der Waals surface area contributed by atoms with Crippen LogP contribution in [0.2, 0.25) is 0 Å². The molecule has 1 N–H and O–H groups in total. The lowest BCUT2D eigenvalue weighted by Gasteiger charge is -2.24. The molecule has 0 aliphatic carbocycles. The van der Waals surface area contributed by atoms with Gasteiger partial charge in [0.15, 0.2) is 0 Å². The van der Waals surface area contributed by atoms with Gasteiger partial charge in [-0.25, -0.2) is 0 Å². The molecule has 0 amide bonds. The Hall–Kier alpha value is -1.02. The average molecular weight is 191 g/mol. The number of rotatable bonds is 2. The van der Waals surface area contributed by atoms with E-state index in [0.29, 0.717) is 6.04 Å². The Morgan fingerprint density at radius 1 is 1.43 bits per heavy atom. The van der Waals surface area contributed by atoms with E-state index in [4.69, 9.17) is 4.74 Å². The highest BCUT2D eigenvalue weighted by atomic mass is 16.5. The maximum Gasteiger partial charge on any atom is 0.0667 e. The lowest BCUT2D eigenvalue weighted by atomic mass is 10.1. The molecule has 1 aromatic carbocycles. The Bertz CT molecular complexity index is 292. The van der Waals surface area contributed by atoms with Gasteiger partial charge in [-0.15, -0.1) is 0 Å². The van der Waals surface area contributed by atoms with Gasteiger partial charge in [0.2, 0.25) is 0 Å². The number of hydrogen-bond donors (Lipinski definition) is 1. The Kier molecular flexibility index (Phi) is 3.04. The minimum Gasteiger partial charge on any atom is -0.380 e. The first kappa shape index (κ1) is 9.53. The van der Waals surface area contributed by atoms with Crippen LogP contribution in [0.5, 0.6) is 0 Å². The van der Waals surface area contributed by atoms with Gasteiger partial charge in [-0.1, -0.05) is 12.1 Å². The zero-order chi connectivity index (χ0) is 9.80. The molecule has 0 saturated carbocycles. The van der Waals surface area contributed by atoms with Crippen LogP contribution in [0.15, 0.2) is 24.3 Å². The van der Waals surface area contributed by atoms with Crippen LogP contribution >= 0.6 is 0 Å². The second-order valence-electron chi connectivity index (χ2n) is 3.93. The first-order valence-electron chi connectivity index (χ1n) is 5.25. The largest absolute Gasteiger partial charge is 0.380 e. The summed E-state index contributed by atoms with van der Waals surface area (Å²) in [5.41, 5.74) is 2.51. The van der Waals surface area contributed by atoms with E-state index >= 15 is 0 Å². The van der Waals surface area contributed by atoms with Gasteiger partial charge in [0.1, 0.15) is 0 Å². The van der Waals surface area contributed by atoms with Gasteiger partial charge in [-0.05, 0) is 37.5 Å². The van der Waals surface area contributed by atoms with Crippen molar-refractivity contribution in [3.63, 3.8) is 0 Å². The zero-order valence-corrected chi connectivity index (χ0v) is 8.62. The molecular weight excluding hydrogens is 174 g/mol. The Morgan fingerprint density at radius 2 is 2.36 bits per heavy atom. The minimum absolute atomic E-state index is 0.491. The molecule has 76 valence electrons. The van der Waals surface area contributed by atoms with Crippen molar-refractivity contribution in [3.05, 3.63) is 29.8 Å². The molecule has 14 heavy (non-hydrogen) atoms. The van der Waals surface area contributed by atoms with Crippen molar-refractivity contribution in [1.82, 2.24) is 0 Å². The van der Waals surface area contributed by atoms with Gasteiger partial charge in [0, 0.05) is 18.3 Å². The van der Waals surface area contributed by atoms with Crippen molar-refractivity contribution in [3.8, 4) is 0 Å². The van der Waals surface area contributed by atoms with Crippen molar-refractivity contribution in [2.45, 2.75) is 25.8 Å². The molecule has 0 aromatic heterocycles. The van der Waals surface area contributed by atoms with Gasteiger partial charge < -0.3 is 10.1 Å². The highest BCUT2D eigenvalue weighted by Crippen LogP contribution is 2.15. The lowest BCUT2D eigenvalue weighted by Crippen LogP contribution is -2.29. The van der Waals surface area contributed by atoms with E-state index in [1.165, 1.54) is 24.1 Å². The fraction of sp³-hybridized carbons (Fsp3) is 0.500. The van der Waals surface area contributed by atoms with Crippen molar-refractivity contribution < 1.29 is 4.74 Å². The molecule has 1 aromatic rings. The molecule has 2 nitrogen and oxygen atoms in total. The average Bonchev–Trinajstić information content (AvgIpc) is 2.19. The van der Waals surface area contributed by atoms with Crippen LogP contribution in [0.25, 0.3) is 0 Å². The quantitative estimate of drug-likeness (QED) is 0.775. The molecule has 1 heterocycles.